The molecule has 0 saturated carbocycles. The molecule has 19 heavy (non-hydrogen) atoms. The molecule has 0 unspecified atom stereocenters. The first-order valence-corrected chi connectivity index (χ1v) is 6.52. The van der Waals surface area contributed by atoms with Gasteiger partial charge in [0.05, 0.1) is 6.54 Å². The van der Waals surface area contributed by atoms with Crippen LogP contribution in [0.3, 0.4) is 0 Å². The van der Waals surface area contributed by atoms with Crippen LogP contribution in [0.15, 0.2) is 24.7 Å². The molecular weight excluding hydrogens is 240 g/mol. The number of aromatic nitrogens is 4. The molecule has 0 aliphatic rings. The second-order valence-electron chi connectivity index (χ2n) is 4.26. The standard InChI is InChI=1S/C13H20N6/c1-4-14-11-6-7-16-13(17-11)18(3)10-12-15-8-9-19(12)5-2/h6-9H,4-5,10H2,1-3H3,(H,14,16,17). The highest BCUT2D eigenvalue weighted by atomic mass is 15.3. The van der Waals surface area contributed by atoms with E-state index in [2.05, 4.69) is 31.8 Å². The number of anilines is 2. The summed E-state index contributed by atoms with van der Waals surface area (Å²) >= 11 is 0. The van der Waals surface area contributed by atoms with Crippen molar-refractivity contribution in [2.45, 2.75) is 26.9 Å². The summed E-state index contributed by atoms with van der Waals surface area (Å²) in [7, 11) is 1.97. The first kappa shape index (κ1) is 13.3. The molecule has 0 aromatic carbocycles. The summed E-state index contributed by atoms with van der Waals surface area (Å²) in [6, 6.07) is 1.87. The molecule has 6 heteroatoms. The molecule has 0 radical (unpaired) electrons. The van der Waals surface area contributed by atoms with Gasteiger partial charge in [0.2, 0.25) is 5.95 Å². The largest absolute Gasteiger partial charge is 0.370 e. The van der Waals surface area contributed by atoms with Crippen molar-refractivity contribution in [1.82, 2.24) is 19.5 Å². The molecule has 2 heterocycles. The first-order valence-electron chi connectivity index (χ1n) is 6.52. The van der Waals surface area contributed by atoms with Gasteiger partial charge >= 0.3 is 0 Å². The maximum absolute atomic E-state index is 4.47. The highest BCUT2D eigenvalue weighted by Crippen LogP contribution is 2.12. The molecule has 0 saturated heterocycles. The maximum atomic E-state index is 4.47. The molecule has 6 nitrogen and oxygen atoms in total. The van der Waals surface area contributed by atoms with Gasteiger partial charge in [-0.25, -0.2) is 9.97 Å². The van der Waals surface area contributed by atoms with Crippen LogP contribution in [-0.4, -0.2) is 33.1 Å². The Morgan fingerprint density at radius 2 is 2.11 bits per heavy atom. The molecule has 102 valence electrons. The average Bonchev–Trinajstić information content (AvgIpc) is 2.86. The molecule has 1 N–H and O–H groups in total. The Morgan fingerprint density at radius 1 is 1.26 bits per heavy atom. The van der Waals surface area contributed by atoms with Gasteiger partial charge in [-0.05, 0) is 19.9 Å². The van der Waals surface area contributed by atoms with Gasteiger partial charge in [-0.1, -0.05) is 0 Å². The topological polar surface area (TPSA) is 58.9 Å². The minimum absolute atomic E-state index is 0.691. The van der Waals surface area contributed by atoms with Crippen molar-refractivity contribution in [1.29, 1.82) is 0 Å². The van der Waals surface area contributed by atoms with Crippen LogP contribution >= 0.6 is 0 Å². The highest BCUT2D eigenvalue weighted by Gasteiger charge is 2.09. The van der Waals surface area contributed by atoms with E-state index in [-0.39, 0.29) is 0 Å². The Balaban J connectivity index is 2.11. The lowest BCUT2D eigenvalue weighted by Gasteiger charge is -2.17. The average molecular weight is 260 g/mol. The lowest BCUT2D eigenvalue weighted by molar-refractivity contribution is 0.680. The fourth-order valence-electron chi connectivity index (χ4n) is 1.87. The van der Waals surface area contributed by atoms with E-state index < -0.39 is 0 Å². The third-order valence-electron chi connectivity index (χ3n) is 2.86. The van der Waals surface area contributed by atoms with Crippen LogP contribution < -0.4 is 10.2 Å². The van der Waals surface area contributed by atoms with Gasteiger partial charge in [0.1, 0.15) is 11.6 Å². The summed E-state index contributed by atoms with van der Waals surface area (Å²) in [5, 5.41) is 3.19. The smallest absolute Gasteiger partial charge is 0.227 e. The van der Waals surface area contributed by atoms with Crippen LogP contribution in [-0.2, 0) is 13.1 Å². The number of aryl methyl sites for hydroxylation is 1. The molecule has 0 bridgehead atoms. The van der Waals surface area contributed by atoms with Crippen LogP contribution in [0.2, 0.25) is 0 Å². The van der Waals surface area contributed by atoms with Crippen LogP contribution in [0.4, 0.5) is 11.8 Å². The zero-order valence-corrected chi connectivity index (χ0v) is 11.7. The predicted molar refractivity (Wildman–Crippen MR) is 76.2 cm³/mol. The highest BCUT2D eigenvalue weighted by molar-refractivity contribution is 5.40. The van der Waals surface area contributed by atoms with E-state index in [1.807, 2.05) is 37.3 Å². The molecule has 0 amide bonds. The first-order chi connectivity index (χ1) is 9.24. The monoisotopic (exact) mass is 260 g/mol. The van der Waals surface area contributed by atoms with Crippen molar-refractivity contribution in [3.63, 3.8) is 0 Å². The van der Waals surface area contributed by atoms with Crippen LogP contribution in [0.1, 0.15) is 19.7 Å². The molecule has 2 aromatic heterocycles. The van der Waals surface area contributed by atoms with Gasteiger partial charge in [0.15, 0.2) is 0 Å². The minimum atomic E-state index is 0.691. The third-order valence-corrected chi connectivity index (χ3v) is 2.86. The molecule has 0 fully saturated rings. The summed E-state index contributed by atoms with van der Waals surface area (Å²) in [6.07, 6.45) is 5.57. The lowest BCUT2D eigenvalue weighted by atomic mass is 10.5. The fraction of sp³-hybridized carbons (Fsp3) is 0.462. The Labute approximate surface area is 113 Å². The Hall–Kier alpha value is -2.11. The predicted octanol–water partition coefficient (Wildman–Crippen LogP) is 1.76. The van der Waals surface area contributed by atoms with Crippen molar-refractivity contribution in [2.24, 2.45) is 0 Å². The van der Waals surface area contributed by atoms with E-state index in [0.29, 0.717) is 12.5 Å². The van der Waals surface area contributed by atoms with E-state index in [4.69, 9.17) is 0 Å². The Bertz CT molecular complexity index is 521. The summed E-state index contributed by atoms with van der Waals surface area (Å²) in [5.41, 5.74) is 0. The number of hydrogen-bond acceptors (Lipinski definition) is 5. The van der Waals surface area contributed by atoms with Gasteiger partial charge in [-0.2, -0.15) is 4.98 Å². The molecule has 2 rings (SSSR count). The van der Waals surface area contributed by atoms with Crippen molar-refractivity contribution in [3.05, 3.63) is 30.5 Å². The van der Waals surface area contributed by atoms with Gasteiger partial charge in [0.25, 0.3) is 0 Å². The zero-order valence-electron chi connectivity index (χ0n) is 11.7. The van der Waals surface area contributed by atoms with E-state index in [0.717, 1.165) is 24.7 Å². The van der Waals surface area contributed by atoms with Crippen LogP contribution in [0.5, 0.6) is 0 Å². The summed E-state index contributed by atoms with van der Waals surface area (Å²) in [6.45, 7) is 6.61. The summed E-state index contributed by atoms with van der Waals surface area (Å²) < 4.78 is 2.12. The number of nitrogens with one attached hydrogen (secondary N) is 1. The summed E-state index contributed by atoms with van der Waals surface area (Å²) in [4.78, 5) is 15.1. The number of hydrogen-bond donors (Lipinski definition) is 1. The van der Waals surface area contributed by atoms with Crippen molar-refractivity contribution < 1.29 is 0 Å². The Kier molecular flexibility index (Phi) is 4.33. The van der Waals surface area contributed by atoms with Crippen molar-refractivity contribution >= 4 is 11.8 Å². The van der Waals surface area contributed by atoms with Gasteiger partial charge in [0, 0.05) is 38.7 Å². The molecule has 0 spiro atoms. The SMILES string of the molecule is CCNc1ccnc(N(C)Cc2nccn2CC)n1. The normalized spacial score (nSPS) is 10.5. The molecule has 0 atom stereocenters. The molecule has 0 aliphatic carbocycles. The minimum Gasteiger partial charge on any atom is -0.370 e. The third kappa shape index (κ3) is 3.21. The van der Waals surface area contributed by atoms with E-state index in [1.54, 1.807) is 6.20 Å². The number of imidazole rings is 1. The zero-order chi connectivity index (χ0) is 13.7. The van der Waals surface area contributed by atoms with E-state index >= 15 is 0 Å². The van der Waals surface area contributed by atoms with Crippen molar-refractivity contribution in [2.75, 3.05) is 23.8 Å². The molecule has 0 aliphatic heterocycles. The number of rotatable bonds is 6. The van der Waals surface area contributed by atoms with Crippen molar-refractivity contribution in [3.8, 4) is 0 Å². The van der Waals surface area contributed by atoms with Crippen LogP contribution in [0.25, 0.3) is 0 Å². The number of nitrogens with zero attached hydrogens (tertiary/aromatic N) is 5. The second-order valence-corrected chi connectivity index (χ2v) is 4.26. The summed E-state index contributed by atoms with van der Waals surface area (Å²) in [5.74, 6) is 2.56. The molecule has 2 aromatic rings. The van der Waals surface area contributed by atoms with Crippen LogP contribution in [0, 0.1) is 0 Å². The second kappa shape index (κ2) is 6.17. The van der Waals surface area contributed by atoms with Gasteiger partial charge in [-0.15, -0.1) is 0 Å². The van der Waals surface area contributed by atoms with Gasteiger partial charge in [-0.3, -0.25) is 0 Å². The maximum Gasteiger partial charge on any atom is 0.227 e. The Morgan fingerprint density at radius 3 is 2.84 bits per heavy atom. The van der Waals surface area contributed by atoms with E-state index in [1.165, 1.54) is 0 Å². The lowest BCUT2D eigenvalue weighted by Crippen LogP contribution is -2.22. The van der Waals surface area contributed by atoms with Gasteiger partial charge < -0.3 is 14.8 Å². The van der Waals surface area contributed by atoms with E-state index in [9.17, 15) is 0 Å². The fourth-order valence-corrected chi connectivity index (χ4v) is 1.87. The quantitative estimate of drug-likeness (QED) is 0.857. The molecular formula is C13H20N6.